The van der Waals surface area contributed by atoms with Crippen LogP contribution >= 0.6 is 0 Å². The molecule has 92 valence electrons. The molecule has 0 saturated carbocycles. The first kappa shape index (κ1) is 13.2. The van der Waals surface area contributed by atoms with Gasteiger partial charge in [-0.25, -0.2) is 0 Å². The first-order valence-electron chi connectivity index (χ1n) is 6.75. The van der Waals surface area contributed by atoms with E-state index in [-0.39, 0.29) is 0 Å². The fourth-order valence-electron chi connectivity index (χ4n) is 1.88. The number of unbranched alkanes of at least 4 members (excludes halogenated alkanes) is 5. The van der Waals surface area contributed by atoms with E-state index in [1.165, 1.54) is 38.5 Å². The maximum Gasteiger partial charge on any atom is 0.0827 e. The monoisotopic (exact) mass is 223 g/mol. The second kappa shape index (κ2) is 8.31. The molecule has 1 rings (SSSR count). The van der Waals surface area contributed by atoms with Gasteiger partial charge in [-0.1, -0.05) is 51.2 Å². The van der Waals surface area contributed by atoms with Crippen LogP contribution < -0.4 is 0 Å². The van der Waals surface area contributed by atoms with E-state index in [0.29, 0.717) is 0 Å². The Morgan fingerprint density at radius 3 is 2.50 bits per heavy atom. The van der Waals surface area contributed by atoms with Gasteiger partial charge in [0.25, 0.3) is 0 Å². The lowest BCUT2D eigenvalue weighted by atomic mass is 10.1. The molecule has 0 radical (unpaired) electrons. The average molecular weight is 223 g/mol. The third kappa shape index (κ3) is 5.29. The summed E-state index contributed by atoms with van der Waals surface area (Å²) in [4.78, 5) is 0. The topological polar surface area (TPSA) is 30.7 Å². The summed E-state index contributed by atoms with van der Waals surface area (Å²) >= 11 is 0. The van der Waals surface area contributed by atoms with Crippen LogP contribution in [0.4, 0.5) is 0 Å². The third-order valence-corrected chi connectivity index (χ3v) is 2.83. The highest BCUT2D eigenvalue weighted by Gasteiger charge is 1.99. The smallest absolute Gasteiger partial charge is 0.0827 e. The molecule has 0 fully saturated rings. The Morgan fingerprint density at radius 2 is 1.75 bits per heavy atom. The van der Waals surface area contributed by atoms with Crippen molar-refractivity contribution in [3.63, 3.8) is 0 Å². The standard InChI is InChI=1S/C13H25N3/c1-3-5-6-7-8-9-10-13-12-16(11-4-2)15-14-13/h12H,3-11H2,1-2H3. The van der Waals surface area contributed by atoms with Crippen molar-refractivity contribution in [3.05, 3.63) is 11.9 Å². The number of rotatable bonds is 9. The van der Waals surface area contributed by atoms with Crippen molar-refractivity contribution in [3.8, 4) is 0 Å². The minimum Gasteiger partial charge on any atom is -0.252 e. The summed E-state index contributed by atoms with van der Waals surface area (Å²) in [5.74, 6) is 0. The first-order valence-corrected chi connectivity index (χ1v) is 6.75. The summed E-state index contributed by atoms with van der Waals surface area (Å²) in [6.45, 7) is 5.41. The van der Waals surface area contributed by atoms with Gasteiger partial charge in [0.15, 0.2) is 0 Å². The molecule has 1 aromatic heterocycles. The van der Waals surface area contributed by atoms with Gasteiger partial charge in [-0.2, -0.15) is 0 Å². The number of aromatic nitrogens is 3. The predicted octanol–water partition coefficient (Wildman–Crippen LogP) is 3.59. The second-order valence-electron chi connectivity index (χ2n) is 4.49. The fraction of sp³-hybridized carbons (Fsp3) is 0.846. The molecule has 0 aliphatic carbocycles. The highest BCUT2D eigenvalue weighted by atomic mass is 15.4. The highest BCUT2D eigenvalue weighted by Crippen LogP contribution is 2.08. The second-order valence-corrected chi connectivity index (χ2v) is 4.49. The van der Waals surface area contributed by atoms with Crippen LogP contribution in [0.15, 0.2) is 6.20 Å². The van der Waals surface area contributed by atoms with Crippen LogP contribution in [0.2, 0.25) is 0 Å². The van der Waals surface area contributed by atoms with E-state index in [0.717, 1.165) is 25.1 Å². The summed E-state index contributed by atoms with van der Waals surface area (Å²) in [7, 11) is 0. The van der Waals surface area contributed by atoms with Gasteiger partial charge in [-0.05, 0) is 19.3 Å². The van der Waals surface area contributed by atoms with Crippen molar-refractivity contribution in [2.45, 2.75) is 71.8 Å². The molecule has 0 aliphatic rings. The molecule has 0 N–H and O–H groups in total. The van der Waals surface area contributed by atoms with Crippen LogP contribution in [0, 0.1) is 0 Å². The normalized spacial score (nSPS) is 10.9. The Labute approximate surface area is 99.2 Å². The number of hydrogen-bond donors (Lipinski definition) is 0. The lowest BCUT2D eigenvalue weighted by Gasteiger charge is -1.98. The third-order valence-electron chi connectivity index (χ3n) is 2.83. The maximum absolute atomic E-state index is 4.18. The van der Waals surface area contributed by atoms with E-state index >= 15 is 0 Å². The largest absolute Gasteiger partial charge is 0.252 e. The van der Waals surface area contributed by atoms with Crippen LogP contribution in [0.25, 0.3) is 0 Å². The molecule has 0 bridgehead atoms. The quantitative estimate of drug-likeness (QED) is 0.599. The Balaban J connectivity index is 2.07. The van der Waals surface area contributed by atoms with Gasteiger partial charge >= 0.3 is 0 Å². The van der Waals surface area contributed by atoms with Gasteiger partial charge in [0, 0.05) is 12.7 Å². The Kier molecular flexibility index (Phi) is 6.86. The minimum absolute atomic E-state index is 0.990. The van der Waals surface area contributed by atoms with E-state index in [9.17, 15) is 0 Å². The number of aryl methyl sites for hydroxylation is 2. The zero-order valence-corrected chi connectivity index (χ0v) is 10.8. The zero-order chi connectivity index (χ0) is 11.6. The number of hydrogen-bond acceptors (Lipinski definition) is 2. The molecule has 0 saturated heterocycles. The van der Waals surface area contributed by atoms with Gasteiger partial charge in [0.1, 0.15) is 0 Å². The lowest BCUT2D eigenvalue weighted by molar-refractivity contribution is 0.578. The molecule has 16 heavy (non-hydrogen) atoms. The molecule has 0 amide bonds. The minimum atomic E-state index is 0.990. The highest BCUT2D eigenvalue weighted by molar-refractivity contribution is 4.91. The predicted molar refractivity (Wildman–Crippen MR) is 67.4 cm³/mol. The molecule has 0 atom stereocenters. The summed E-state index contributed by atoms with van der Waals surface area (Å²) in [6.07, 6.45) is 12.4. The van der Waals surface area contributed by atoms with E-state index in [1.807, 2.05) is 4.68 Å². The fourth-order valence-corrected chi connectivity index (χ4v) is 1.88. The van der Waals surface area contributed by atoms with Crippen LogP contribution in [0.1, 0.15) is 64.5 Å². The molecular weight excluding hydrogens is 198 g/mol. The Bertz CT molecular complexity index is 268. The first-order chi connectivity index (χ1) is 7.86. The molecule has 1 aromatic rings. The van der Waals surface area contributed by atoms with Gasteiger partial charge < -0.3 is 0 Å². The van der Waals surface area contributed by atoms with Gasteiger partial charge in [0.2, 0.25) is 0 Å². The van der Waals surface area contributed by atoms with Crippen LogP contribution in [-0.4, -0.2) is 15.0 Å². The van der Waals surface area contributed by atoms with Crippen molar-refractivity contribution in [2.75, 3.05) is 0 Å². The zero-order valence-electron chi connectivity index (χ0n) is 10.8. The number of nitrogens with zero attached hydrogens (tertiary/aromatic N) is 3. The Hall–Kier alpha value is -0.860. The van der Waals surface area contributed by atoms with Gasteiger partial charge in [-0.3, -0.25) is 4.68 Å². The van der Waals surface area contributed by atoms with E-state index < -0.39 is 0 Å². The van der Waals surface area contributed by atoms with E-state index in [4.69, 9.17) is 0 Å². The maximum atomic E-state index is 4.18. The van der Waals surface area contributed by atoms with Crippen LogP contribution in [-0.2, 0) is 13.0 Å². The lowest BCUT2D eigenvalue weighted by Crippen LogP contribution is -1.96. The van der Waals surface area contributed by atoms with Gasteiger partial charge in [0.05, 0.1) is 5.69 Å². The van der Waals surface area contributed by atoms with Crippen molar-refractivity contribution in [1.29, 1.82) is 0 Å². The van der Waals surface area contributed by atoms with Crippen molar-refractivity contribution >= 4 is 0 Å². The summed E-state index contributed by atoms with van der Waals surface area (Å²) < 4.78 is 1.95. The summed E-state index contributed by atoms with van der Waals surface area (Å²) in [5, 5.41) is 8.28. The van der Waals surface area contributed by atoms with Crippen molar-refractivity contribution in [1.82, 2.24) is 15.0 Å². The summed E-state index contributed by atoms with van der Waals surface area (Å²) in [5.41, 5.74) is 1.16. The molecule has 1 heterocycles. The van der Waals surface area contributed by atoms with E-state index in [2.05, 4.69) is 30.4 Å². The molecule has 3 nitrogen and oxygen atoms in total. The van der Waals surface area contributed by atoms with Crippen LogP contribution in [0.5, 0.6) is 0 Å². The molecule has 3 heteroatoms. The molecule has 0 unspecified atom stereocenters. The average Bonchev–Trinajstić information content (AvgIpc) is 2.72. The summed E-state index contributed by atoms with van der Waals surface area (Å²) in [6, 6.07) is 0. The van der Waals surface area contributed by atoms with Crippen molar-refractivity contribution < 1.29 is 0 Å². The van der Waals surface area contributed by atoms with Crippen LogP contribution in [0.3, 0.4) is 0 Å². The molecule has 0 aromatic carbocycles. The van der Waals surface area contributed by atoms with Crippen molar-refractivity contribution in [2.24, 2.45) is 0 Å². The SMILES string of the molecule is CCCCCCCCc1cn(CCC)nn1. The Morgan fingerprint density at radius 1 is 1.00 bits per heavy atom. The molecular formula is C13H25N3. The molecule has 0 aliphatic heterocycles. The van der Waals surface area contributed by atoms with Gasteiger partial charge in [-0.15, -0.1) is 5.10 Å². The van der Waals surface area contributed by atoms with E-state index in [1.54, 1.807) is 0 Å². The molecule has 0 spiro atoms.